The van der Waals surface area contributed by atoms with Crippen molar-refractivity contribution in [2.75, 3.05) is 13.2 Å². The van der Waals surface area contributed by atoms with Gasteiger partial charge in [-0.3, -0.25) is 14.4 Å². The summed E-state index contributed by atoms with van der Waals surface area (Å²) in [6.07, 6.45) is 68.6. The molecule has 1 atom stereocenters. The number of esters is 3. The van der Waals surface area contributed by atoms with Gasteiger partial charge in [0, 0.05) is 19.3 Å². The van der Waals surface area contributed by atoms with Crippen molar-refractivity contribution in [2.45, 2.75) is 329 Å². The second kappa shape index (κ2) is 57.2. The van der Waals surface area contributed by atoms with Gasteiger partial charge in [-0.2, -0.15) is 0 Å². The van der Waals surface area contributed by atoms with Crippen molar-refractivity contribution in [3.8, 4) is 0 Å². The fourth-order valence-corrected chi connectivity index (χ4v) is 8.86. The summed E-state index contributed by atoms with van der Waals surface area (Å²) in [5, 5.41) is 0. The number of rotatable bonds is 55. The second-order valence-corrected chi connectivity index (χ2v) is 20.3. The van der Waals surface area contributed by atoms with Crippen molar-refractivity contribution < 1.29 is 28.6 Å². The highest BCUT2D eigenvalue weighted by Crippen LogP contribution is 2.17. The molecule has 0 aromatic carbocycles. The van der Waals surface area contributed by atoms with Crippen LogP contribution >= 0.6 is 0 Å². The topological polar surface area (TPSA) is 78.9 Å². The smallest absolute Gasteiger partial charge is 0.306 e. The van der Waals surface area contributed by atoms with Crippen molar-refractivity contribution in [3.63, 3.8) is 0 Å². The lowest BCUT2D eigenvalue weighted by atomic mass is 10.0. The third-order valence-electron chi connectivity index (χ3n) is 13.4. The molecule has 0 radical (unpaired) electrons. The summed E-state index contributed by atoms with van der Waals surface area (Å²) in [7, 11) is 0. The summed E-state index contributed by atoms with van der Waals surface area (Å²) in [6, 6.07) is 0. The van der Waals surface area contributed by atoms with E-state index in [1.165, 1.54) is 205 Å². The second-order valence-electron chi connectivity index (χ2n) is 20.3. The highest BCUT2D eigenvalue weighted by molar-refractivity contribution is 5.71. The molecule has 0 aromatic rings. The highest BCUT2D eigenvalue weighted by Gasteiger charge is 2.19. The van der Waals surface area contributed by atoms with Crippen LogP contribution in [0.2, 0.25) is 0 Å². The van der Waals surface area contributed by atoms with Gasteiger partial charge < -0.3 is 14.2 Å². The van der Waals surface area contributed by atoms with Gasteiger partial charge in [-0.15, -0.1) is 0 Å². The monoisotopic (exact) mass is 955 g/mol. The van der Waals surface area contributed by atoms with Crippen LogP contribution in [0.5, 0.6) is 0 Å². The number of allylic oxidation sites excluding steroid dienone is 6. The van der Waals surface area contributed by atoms with Gasteiger partial charge in [0.1, 0.15) is 13.2 Å². The van der Waals surface area contributed by atoms with Gasteiger partial charge in [-0.05, 0) is 57.8 Å². The van der Waals surface area contributed by atoms with E-state index in [1.54, 1.807) is 0 Å². The predicted molar refractivity (Wildman–Crippen MR) is 293 cm³/mol. The standard InChI is InChI=1S/C62H114O6/c1-4-7-10-13-16-19-22-24-26-28-30-31-33-34-36-38-40-43-46-49-52-55-61(64)67-58-59(57-66-60(63)54-51-48-45-42-21-18-15-12-9-6-3)68-62(65)56-53-50-47-44-41-39-37-35-32-29-27-25-23-20-17-14-11-8-5-2/h17,20,25,27,32,35,59H,4-16,18-19,21-24,26,28-31,33-34,36-58H2,1-3H3/b20-17-,27-25-,35-32-. The average molecular weight is 956 g/mol. The summed E-state index contributed by atoms with van der Waals surface area (Å²) in [5.74, 6) is -0.868. The predicted octanol–water partition coefficient (Wildman–Crippen LogP) is 20.0. The molecule has 0 aromatic heterocycles. The maximum absolute atomic E-state index is 12.9. The van der Waals surface area contributed by atoms with Crippen molar-refractivity contribution in [3.05, 3.63) is 36.5 Å². The lowest BCUT2D eigenvalue weighted by Crippen LogP contribution is -2.30. The molecule has 0 spiro atoms. The fraction of sp³-hybridized carbons (Fsp3) is 0.855. The number of hydrogen-bond acceptors (Lipinski definition) is 6. The SMILES string of the molecule is CCCCC/C=C\C/C=C\C/C=C\CCCCCCCCC(=O)OC(COC(=O)CCCCCCCCCCCC)COC(=O)CCCCCCCCCCCCCCCCCCCCCCC. The molecule has 0 aliphatic carbocycles. The molecular formula is C62H114O6. The first kappa shape index (κ1) is 65.6. The van der Waals surface area contributed by atoms with Gasteiger partial charge in [0.2, 0.25) is 0 Å². The maximum atomic E-state index is 12.9. The van der Waals surface area contributed by atoms with E-state index in [0.717, 1.165) is 77.0 Å². The Balaban J connectivity index is 4.26. The Labute approximate surface area is 423 Å². The van der Waals surface area contributed by atoms with Crippen LogP contribution in [0.25, 0.3) is 0 Å². The van der Waals surface area contributed by atoms with Crippen molar-refractivity contribution >= 4 is 17.9 Å². The maximum Gasteiger partial charge on any atom is 0.306 e. The van der Waals surface area contributed by atoms with Crippen LogP contribution < -0.4 is 0 Å². The van der Waals surface area contributed by atoms with Gasteiger partial charge in [0.25, 0.3) is 0 Å². The van der Waals surface area contributed by atoms with Crippen LogP contribution in [0.15, 0.2) is 36.5 Å². The molecule has 0 rings (SSSR count). The van der Waals surface area contributed by atoms with E-state index in [9.17, 15) is 14.4 Å². The Hall–Kier alpha value is -2.37. The third-order valence-corrected chi connectivity index (χ3v) is 13.4. The lowest BCUT2D eigenvalue weighted by molar-refractivity contribution is -0.167. The van der Waals surface area contributed by atoms with Gasteiger partial charge in [0.05, 0.1) is 0 Å². The third kappa shape index (κ3) is 54.6. The van der Waals surface area contributed by atoms with E-state index < -0.39 is 6.10 Å². The molecule has 1 unspecified atom stereocenters. The van der Waals surface area contributed by atoms with Crippen LogP contribution in [0.1, 0.15) is 323 Å². The van der Waals surface area contributed by atoms with Crippen LogP contribution in [0.3, 0.4) is 0 Å². The first-order valence-corrected chi connectivity index (χ1v) is 30.0. The van der Waals surface area contributed by atoms with Crippen LogP contribution in [0, 0.1) is 0 Å². The number of ether oxygens (including phenoxy) is 3. The lowest BCUT2D eigenvalue weighted by Gasteiger charge is -2.18. The minimum Gasteiger partial charge on any atom is -0.462 e. The zero-order chi connectivity index (χ0) is 49.3. The molecular weight excluding hydrogens is 841 g/mol. The summed E-state index contributed by atoms with van der Waals surface area (Å²) in [6.45, 7) is 6.64. The van der Waals surface area contributed by atoms with E-state index in [2.05, 4.69) is 57.2 Å². The fourth-order valence-electron chi connectivity index (χ4n) is 8.86. The largest absolute Gasteiger partial charge is 0.462 e. The summed E-state index contributed by atoms with van der Waals surface area (Å²) >= 11 is 0. The van der Waals surface area contributed by atoms with Gasteiger partial charge in [-0.25, -0.2) is 0 Å². The molecule has 0 fully saturated rings. The van der Waals surface area contributed by atoms with E-state index in [4.69, 9.17) is 14.2 Å². The van der Waals surface area contributed by atoms with Gasteiger partial charge >= 0.3 is 17.9 Å². The molecule has 0 amide bonds. The Kier molecular flexibility index (Phi) is 55.2. The van der Waals surface area contributed by atoms with E-state index in [-0.39, 0.29) is 31.1 Å². The number of carbonyl (C=O) groups is 3. The Bertz CT molecular complexity index is 1140. The van der Waals surface area contributed by atoms with Gasteiger partial charge in [0.15, 0.2) is 6.10 Å². The molecule has 68 heavy (non-hydrogen) atoms. The molecule has 0 bridgehead atoms. The number of unbranched alkanes of at least 4 members (excludes halogenated alkanes) is 38. The van der Waals surface area contributed by atoms with Crippen molar-refractivity contribution in [1.82, 2.24) is 0 Å². The summed E-state index contributed by atoms with van der Waals surface area (Å²) < 4.78 is 16.9. The van der Waals surface area contributed by atoms with Crippen LogP contribution in [-0.2, 0) is 28.6 Å². The Morgan fingerprint density at radius 1 is 0.294 bits per heavy atom. The normalized spacial score (nSPS) is 12.2. The van der Waals surface area contributed by atoms with E-state index in [1.807, 2.05) is 0 Å². The number of hydrogen-bond donors (Lipinski definition) is 0. The molecule has 398 valence electrons. The van der Waals surface area contributed by atoms with Crippen molar-refractivity contribution in [1.29, 1.82) is 0 Å². The molecule has 0 aliphatic heterocycles. The molecule has 0 N–H and O–H groups in total. The summed E-state index contributed by atoms with van der Waals surface area (Å²) in [5.41, 5.74) is 0. The molecule has 6 nitrogen and oxygen atoms in total. The first-order chi connectivity index (χ1) is 33.5. The molecule has 0 saturated heterocycles. The van der Waals surface area contributed by atoms with E-state index in [0.29, 0.717) is 19.3 Å². The van der Waals surface area contributed by atoms with E-state index >= 15 is 0 Å². The van der Waals surface area contributed by atoms with Crippen LogP contribution in [-0.4, -0.2) is 37.2 Å². The Morgan fingerprint density at radius 3 is 0.853 bits per heavy atom. The summed E-state index contributed by atoms with van der Waals surface area (Å²) in [4.78, 5) is 38.1. The average Bonchev–Trinajstić information content (AvgIpc) is 3.34. The first-order valence-electron chi connectivity index (χ1n) is 30.0. The number of carbonyl (C=O) groups excluding carboxylic acids is 3. The highest BCUT2D eigenvalue weighted by atomic mass is 16.6. The molecule has 0 heterocycles. The molecule has 0 aliphatic rings. The molecule has 0 saturated carbocycles. The minimum absolute atomic E-state index is 0.0728. The zero-order valence-corrected chi connectivity index (χ0v) is 45.6. The van der Waals surface area contributed by atoms with Gasteiger partial charge in [-0.1, -0.05) is 282 Å². The quantitative estimate of drug-likeness (QED) is 0.0262. The Morgan fingerprint density at radius 2 is 0.529 bits per heavy atom. The minimum atomic E-state index is -0.775. The molecule has 6 heteroatoms. The van der Waals surface area contributed by atoms with Crippen molar-refractivity contribution in [2.24, 2.45) is 0 Å². The zero-order valence-electron chi connectivity index (χ0n) is 45.6. The van der Waals surface area contributed by atoms with Crippen LogP contribution in [0.4, 0.5) is 0 Å².